The van der Waals surface area contributed by atoms with Gasteiger partial charge in [-0.15, -0.1) is 0 Å². The van der Waals surface area contributed by atoms with Crippen LogP contribution in [0.25, 0.3) is 10.9 Å². The van der Waals surface area contributed by atoms with Gasteiger partial charge in [0, 0.05) is 38.9 Å². The van der Waals surface area contributed by atoms with Crippen LogP contribution in [0.3, 0.4) is 0 Å². The second-order valence-electron chi connectivity index (χ2n) is 6.98. The third-order valence-corrected chi connectivity index (χ3v) is 5.22. The number of carboxylic acids is 1. The summed E-state index contributed by atoms with van der Waals surface area (Å²) in [4.78, 5) is 24.5. The summed E-state index contributed by atoms with van der Waals surface area (Å²) in [5.41, 5.74) is 2.68. The maximum absolute atomic E-state index is 12.7. The number of ether oxygens (including phenoxy) is 1. The molecule has 0 saturated carbocycles. The molecular formula is C24H19ClN2O4. The van der Waals surface area contributed by atoms with Crippen LogP contribution in [-0.4, -0.2) is 28.7 Å². The molecule has 4 aromatic rings. The van der Waals surface area contributed by atoms with Crippen molar-refractivity contribution >= 4 is 40.1 Å². The van der Waals surface area contributed by atoms with Crippen LogP contribution in [0.5, 0.6) is 5.75 Å². The molecule has 156 valence electrons. The molecule has 0 aliphatic rings. The van der Waals surface area contributed by atoms with Crippen LogP contribution in [0.15, 0.2) is 72.9 Å². The molecule has 0 bridgehead atoms. The number of fused-ring (bicyclic) bond motifs is 1. The summed E-state index contributed by atoms with van der Waals surface area (Å²) < 4.78 is 7.20. The van der Waals surface area contributed by atoms with Gasteiger partial charge >= 0.3 is 5.97 Å². The van der Waals surface area contributed by atoms with E-state index in [4.69, 9.17) is 16.3 Å². The maximum Gasteiger partial charge on any atom is 0.337 e. The molecular weight excluding hydrogens is 416 g/mol. The van der Waals surface area contributed by atoms with Crippen molar-refractivity contribution in [2.24, 2.45) is 0 Å². The molecule has 4 rings (SSSR count). The van der Waals surface area contributed by atoms with E-state index in [1.54, 1.807) is 66.4 Å². The molecule has 31 heavy (non-hydrogen) atoms. The Morgan fingerprint density at radius 2 is 1.84 bits per heavy atom. The van der Waals surface area contributed by atoms with Crippen LogP contribution in [0.2, 0.25) is 5.02 Å². The fourth-order valence-electron chi connectivity index (χ4n) is 3.51. The normalized spacial score (nSPS) is 10.8. The lowest BCUT2D eigenvalue weighted by atomic mass is 10.1. The SMILES string of the molecule is COc1ccc(Cl)cc1Cn1cc(C(=O)O)c2ccc(C(=O)Nc3ccccc3)cc21. The van der Waals surface area contributed by atoms with Crippen molar-refractivity contribution in [3.63, 3.8) is 0 Å². The number of nitrogens with one attached hydrogen (secondary N) is 1. The second-order valence-corrected chi connectivity index (χ2v) is 7.42. The molecule has 3 aromatic carbocycles. The van der Waals surface area contributed by atoms with Crippen LogP contribution in [0.4, 0.5) is 5.69 Å². The van der Waals surface area contributed by atoms with Gasteiger partial charge in [0.2, 0.25) is 0 Å². The lowest BCUT2D eigenvalue weighted by Gasteiger charge is -2.11. The number of para-hydroxylation sites is 1. The number of benzene rings is 3. The topological polar surface area (TPSA) is 80.6 Å². The lowest BCUT2D eigenvalue weighted by Crippen LogP contribution is -2.12. The zero-order chi connectivity index (χ0) is 22.0. The molecule has 0 aliphatic carbocycles. The second kappa shape index (κ2) is 8.53. The van der Waals surface area contributed by atoms with Gasteiger partial charge in [0.05, 0.1) is 19.2 Å². The average Bonchev–Trinajstić information content (AvgIpc) is 3.12. The predicted octanol–water partition coefficient (Wildman–Crippen LogP) is 5.30. The van der Waals surface area contributed by atoms with Gasteiger partial charge in [-0.3, -0.25) is 4.79 Å². The molecule has 0 atom stereocenters. The molecule has 0 unspecified atom stereocenters. The molecule has 0 radical (unpaired) electrons. The van der Waals surface area contributed by atoms with Crippen molar-refractivity contribution < 1.29 is 19.4 Å². The Balaban J connectivity index is 1.76. The number of carboxylic acid groups (broad SMARTS) is 1. The highest BCUT2D eigenvalue weighted by atomic mass is 35.5. The van der Waals surface area contributed by atoms with Gasteiger partial charge in [-0.25, -0.2) is 4.79 Å². The van der Waals surface area contributed by atoms with E-state index in [9.17, 15) is 14.7 Å². The molecule has 2 N–H and O–H groups in total. The minimum atomic E-state index is -1.04. The number of methoxy groups -OCH3 is 1. The summed E-state index contributed by atoms with van der Waals surface area (Å²) in [6.07, 6.45) is 1.56. The van der Waals surface area contributed by atoms with Crippen LogP contribution < -0.4 is 10.1 Å². The van der Waals surface area contributed by atoms with Gasteiger partial charge in [0.15, 0.2) is 0 Å². The minimum Gasteiger partial charge on any atom is -0.496 e. The number of carbonyl (C=O) groups excluding carboxylic acids is 1. The Kier molecular flexibility index (Phi) is 5.64. The first-order valence-electron chi connectivity index (χ1n) is 9.51. The molecule has 1 heterocycles. The van der Waals surface area contributed by atoms with Gasteiger partial charge in [-0.05, 0) is 42.5 Å². The quantitative estimate of drug-likeness (QED) is 0.431. The summed E-state index contributed by atoms with van der Waals surface area (Å²) in [5.74, 6) is -0.678. The number of hydrogen-bond donors (Lipinski definition) is 2. The summed E-state index contributed by atoms with van der Waals surface area (Å²) in [6, 6.07) is 19.4. The van der Waals surface area contributed by atoms with Crippen molar-refractivity contribution in [2.45, 2.75) is 6.54 Å². The highest BCUT2D eigenvalue weighted by Gasteiger charge is 2.18. The standard InChI is InChI=1S/C24H19ClN2O4/c1-31-22-10-8-17(25)11-16(22)13-27-14-20(24(29)30)19-9-7-15(12-21(19)27)23(28)26-18-5-3-2-4-6-18/h2-12,14H,13H2,1H3,(H,26,28)(H,29,30). The van der Waals surface area contributed by atoms with E-state index in [1.807, 2.05) is 18.2 Å². The number of aromatic carboxylic acids is 1. The first-order valence-corrected chi connectivity index (χ1v) is 9.89. The first-order chi connectivity index (χ1) is 15.0. The Morgan fingerprint density at radius 3 is 2.55 bits per heavy atom. The minimum absolute atomic E-state index is 0.158. The summed E-state index contributed by atoms with van der Waals surface area (Å²) in [7, 11) is 1.56. The largest absolute Gasteiger partial charge is 0.496 e. The van der Waals surface area contributed by atoms with Crippen LogP contribution >= 0.6 is 11.6 Å². The summed E-state index contributed by atoms with van der Waals surface area (Å²) >= 11 is 6.15. The molecule has 0 aliphatic heterocycles. The van der Waals surface area contributed by atoms with Gasteiger partial charge in [0.1, 0.15) is 5.75 Å². The maximum atomic E-state index is 12.7. The molecule has 0 fully saturated rings. The monoisotopic (exact) mass is 434 g/mol. The number of amides is 1. The Morgan fingerprint density at radius 1 is 1.06 bits per heavy atom. The van der Waals surface area contributed by atoms with E-state index in [2.05, 4.69) is 5.32 Å². The third-order valence-electron chi connectivity index (χ3n) is 4.99. The Hall–Kier alpha value is -3.77. The Bertz CT molecular complexity index is 1280. The number of hydrogen-bond acceptors (Lipinski definition) is 3. The average molecular weight is 435 g/mol. The lowest BCUT2D eigenvalue weighted by molar-refractivity contribution is 0.0698. The zero-order valence-electron chi connectivity index (χ0n) is 16.6. The number of rotatable bonds is 6. The molecule has 0 saturated heterocycles. The number of carbonyl (C=O) groups is 2. The molecule has 0 spiro atoms. The number of nitrogens with zero attached hydrogens (tertiary/aromatic N) is 1. The van der Waals surface area contributed by atoms with Crippen LogP contribution in [0, 0.1) is 0 Å². The van der Waals surface area contributed by atoms with Gasteiger partial charge in [-0.1, -0.05) is 35.9 Å². The van der Waals surface area contributed by atoms with E-state index in [0.717, 1.165) is 5.56 Å². The van der Waals surface area contributed by atoms with E-state index in [0.29, 0.717) is 39.5 Å². The van der Waals surface area contributed by atoms with Crippen molar-refractivity contribution in [1.82, 2.24) is 4.57 Å². The highest BCUT2D eigenvalue weighted by molar-refractivity contribution is 6.30. The molecule has 6 nitrogen and oxygen atoms in total. The number of anilines is 1. The molecule has 7 heteroatoms. The van der Waals surface area contributed by atoms with Crippen molar-refractivity contribution in [1.29, 1.82) is 0 Å². The fourth-order valence-corrected chi connectivity index (χ4v) is 3.71. The van der Waals surface area contributed by atoms with Crippen LogP contribution in [0.1, 0.15) is 26.3 Å². The van der Waals surface area contributed by atoms with Crippen molar-refractivity contribution in [3.8, 4) is 5.75 Å². The van der Waals surface area contributed by atoms with Crippen molar-refractivity contribution in [3.05, 3.63) is 94.6 Å². The van der Waals surface area contributed by atoms with Crippen LogP contribution in [-0.2, 0) is 6.54 Å². The fraction of sp³-hybridized carbons (Fsp3) is 0.0833. The van der Waals surface area contributed by atoms with E-state index in [1.165, 1.54) is 0 Å². The first kappa shape index (κ1) is 20.5. The molecule has 1 aromatic heterocycles. The van der Waals surface area contributed by atoms with E-state index < -0.39 is 5.97 Å². The van der Waals surface area contributed by atoms with Crippen molar-refractivity contribution in [2.75, 3.05) is 12.4 Å². The smallest absolute Gasteiger partial charge is 0.337 e. The number of aromatic nitrogens is 1. The highest BCUT2D eigenvalue weighted by Crippen LogP contribution is 2.28. The van der Waals surface area contributed by atoms with Gasteiger partial charge in [-0.2, -0.15) is 0 Å². The van der Waals surface area contributed by atoms with E-state index in [-0.39, 0.29) is 11.5 Å². The summed E-state index contributed by atoms with van der Waals surface area (Å²) in [6.45, 7) is 0.331. The number of halogens is 1. The van der Waals surface area contributed by atoms with Gasteiger partial charge in [0.25, 0.3) is 5.91 Å². The van der Waals surface area contributed by atoms with E-state index >= 15 is 0 Å². The summed E-state index contributed by atoms with van der Waals surface area (Å²) in [5, 5.41) is 13.6. The molecule has 1 amide bonds. The van der Waals surface area contributed by atoms with Gasteiger partial charge < -0.3 is 19.7 Å². The predicted molar refractivity (Wildman–Crippen MR) is 120 cm³/mol. The third kappa shape index (κ3) is 4.25. The zero-order valence-corrected chi connectivity index (χ0v) is 17.4. The Labute approximate surface area is 183 Å².